The Balaban J connectivity index is 2.03. The van der Waals surface area contributed by atoms with E-state index in [-0.39, 0.29) is 0 Å². The molecule has 0 aromatic rings. The highest BCUT2D eigenvalue weighted by Crippen LogP contribution is 2.42. The van der Waals surface area contributed by atoms with Crippen LogP contribution in [0.15, 0.2) is 0 Å². The summed E-state index contributed by atoms with van der Waals surface area (Å²) in [5.41, 5.74) is 0. The van der Waals surface area contributed by atoms with Crippen molar-refractivity contribution in [3.05, 3.63) is 0 Å². The molecule has 0 N–H and O–H groups in total. The highest BCUT2D eigenvalue weighted by atomic mass is 16.1. The van der Waals surface area contributed by atoms with Crippen molar-refractivity contribution in [2.45, 2.75) is 44.9 Å². The van der Waals surface area contributed by atoms with Gasteiger partial charge in [0.15, 0.2) is 0 Å². The number of aldehydes is 1. The lowest BCUT2D eigenvalue weighted by atomic mass is 9.66. The van der Waals surface area contributed by atoms with E-state index in [2.05, 4.69) is 0 Å². The molecule has 0 radical (unpaired) electrons. The van der Waals surface area contributed by atoms with Gasteiger partial charge in [0.2, 0.25) is 0 Å². The molecule has 0 amide bonds. The molecule has 0 bridgehead atoms. The molecule has 0 aromatic carbocycles. The van der Waals surface area contributed by atoms with Crippen LogP contribution in [-0.4, -0.2) is 6.29 Å². The quantitative estimate of drug-likeness (QED) is 0.547. The van der Waals surface area contributed by atoms with Crippen molar-refractivity contribution < 1.29 is 4.79 Å². The molecule has 0 aliphatic heterocycles. The van der Waals surface area contributed by atoms with Crippen molar-refractivity contribution in [1.29, 1.82) is 0 Å². The number of hydrogen-bond donors (Lipinski definition) is 0. The summed E-state index contributed by atoms with van der Waals surface area (Å²) >= 11 is 0. The van der Waals surface area contributed by atoms with Crippen molar-refractivity contribution in [2.24, 2.45) is 17.8 Å². The number of carbonyl (C=O) groups is 1. The molecule has 0 saturated heterocycles. The smallest absolute Gasteiger partial charge is 0.123 e. The molecule has 1 nitrogen and oxygen atoms in total. The Kier molecular flexibility index (Phi) is 2.48. The molecule has 12 heavy (non-hydrogen) atoms. The predicted molar refractivity (Wildman–Crippen MR) is 48.9 cm³/mol. The largest absolute Gasteiger partial charge is 0.303 e. The summed E-state index contributed by atoms with van der Waals surface area (Å²) in [7, 11) is 0. The zero-order valence-electron chi connectivity index (χ0n) is 7.67. The standard InChI is InChI=1S/C11H18O/c12-8-10-6-3-5-9-4-1-2-7-11(9)10/h8-11H,1-7H2. The molecule has 1 heteroatoms. The van der Waals surface area contributed by atoms with Crippen LogP contribution in [-0.2, 0) is 4.79 Å². The van der Waals surface area contributed by atoms with Gasteiger partial charge in [-0.15, -0.1) is 0 Å². The fraction of sp³-hybridized carbons (Fsp3) is 0.909. The van der Waals surface area contributed by atoms with Crippen LogP contribution in [0.25, 0.3) is 0 Å². The van der Waals surface area contributed by atoms with Gasteiger partial charge < -0.3 is 4.79 Å². The first-order valence-corrected chi connectivity index (χ1v) is 5.37. The number of carbonyl (C=O) groups excluding carboxylic acids is 1. The number of rotatable bonds is 1. The maximum atomic E-state index is 10.8. The summed E-state index contributed by atoms with van der Waals surface area (Å²) in [4.78, 5) is 10.8. The Morgan fingerprint density at radius 1 is 0.917 bits per heavy atom. The minimum absolute atomic E-state index is 0.420. The Hall–Kier alpha value is -0.330. The number of fused-ring (bicyclic) bond motifs is 1. The van der Waals surface area contributed by atoms with E-state index in [9.17, 15) is 4.79 Å². The predicted octanol–water partition coefficient (Wildman–Crippen LogP) is 2.79. The van der Waals surface area contributed by atoms with E-state index < -0.39 is 0 Å². The van der Waals surface area contributed by atoms with Gasteiger partial charge in [-0.2, -0.15) is 0 Å². The summed E-state index contributed by atoms with van der Waals surface area (Å²) in [6.07, 6.45) is 10.6. The Morgan fingerprint density at radius 3 is 2.50 bits per heavy atom. The van der Waals surface area contributed by atoms with E-state index in [4.69, 9.17) is 0 Å². The van der Waals surface area contributed by atoms with E-state index in [1.165, 1.54) is 51.2 Å². The topological polar surface area (TPSA) is 17.1 Å². The Bertz CT molecular complexity index is 162. The monoisotopic (exact) mass is 166 g/mol. The zero-order chi connectivity index (χ0) is 8.39. The molecule has 2 saturated carbocycles. The third-order valence-corrected chi connectivity index (χ3v) is 3.80. The van der Waals surface area contributed by atoms with Crippen molar-refractivity contribution in [3.8, 4) is 0 Å². The molecular formula is C11H18O. The molecule has 0 spiro atoms. The molecule has 2 aliphatic carbocycles. The van der Waals surface area contributed by atoms with Gasteiger partial charge in [0.1, 0.15) is 6.29 Å². The third kappa shape index (κ3) is 1.41. The average molecular weight is 166 g/mol. The highest BCUT2D eigenvalue weighted by Gasteiger charge is 2.34. The van der Waals surface area contributed by atoms with Crippen LogP contribution in [0.1, 0.15) is 44.9 Å². The first-order valence-electron chi connectivity index (χ1n) is 5.37. The summed E-state index contributed by atoms with van der Waals surface area (Å²) < 4.78 is 0. The van der Waals surface area contributed by atoms with Crippen LogP contribution in [0.2, 0.25) is 0 Å². The minimum atomic E-state index is 0.420. The summed E-state index contributed by atoms with van der Waals surface area (Å²) in [5.74, 6) is 2.09. The second-order valence-electron chi connectivity index (χ2n) is 4.44. The van der Waals surface area contributed by atoms with Crippen LogP contribution in [0, 0.1) is 17.8 Å². The van der Waals surface area contributed by atoms with Crippen LogP contribution in [0.5, 0.6) is 0 Å². The van der Waals surface area contributed by atoms with Crippen LogP contribution in [0.3, 0.4) is 0 Å². The van der Waals surface area contributed by atoms with Gasteiger partial charge in [-0.05, 0) is 24.7 Å². The molecule has 3 unspecified atom stereocenters. The molecule has 3 atom stereocenters. The van der Waals surface area contributed by atoms with Crippen LogP contribution in [0.4, 0.5) is 0 Å². The third-order valence-electron chi connectivity index (χ3n) is 3.80. The molecule has 0 aromatic heterocycles. The summed E-state index contributed by atoms with van der Waals surface area (Å²) in [5, 5.41) is 0. The molecule has 0 heterocycles. The SMILES string of the molecule is O=CC1CCCC2CCCCC12. The van der Waals surface area contributed by atoms with Gasteiger partial charge in [0.25, 0.3) is 0 Å². The highest BCUT2D eigenvalue weighted by molar-refractivity contribution is 5.54. The molecule has 68 valence electrons. The maximum Gasteiger partial charge on any atom is 0.123 e. The van der Waals surface area contributed by atoms with Gasteiger partial charge in [-0.1, -0.05) is 32.1 Å². The Morgan fingerprint density at radius 2 is 1.67 bits per heavy atom. The molecular weight excluding hydrogens is 148 g/mol. The second-order valence-corrected chi connectivity index (χ2v) is 4.44. The number of hydrogen-bond acceptors (Lipinski definition) is 1. The van der Waals surface area contributed by atoms with Crippen LogP contribution < -0.4 is 0 Å². The zero-order valence-corrected chi connectivity index (χ0v) is 7.67. The second kappa shape index (κ2) is 3.59. The van der Waals surface area contributed by atoms with Gasteiger partial charge in [-0.3, -0.25) is 0 Å². The first-order chi connectivity index (χ1) is 5.92. The Labute approximate surface area is 74.5 Å². The normalized spacial score (nSPS) is 41.8. The van der Waals surface area contributed by atoms with Gasteiger partial charge in [0, 0.05) is 5.92 Å². The maximum absolute atomic E-state index is 10.8. The van der Waals surface area contributed by atoms with E-state index in [0.29, 0.717) is 5.92 Å². The van der Waals surface area contributed by atoms with E-state index in [0.717, 1.165) is 11.8 Å². The first kappa shape index (κ1) is 8.28. The van der Waals surface area contributed by atoms with Gasteiger partial charge in [0.05, 0.1) is 0 Å². The fourth-order valence-corrected chi connectivity index (χ4v) is 3.16. The fourth-order valence-electron chi connectivity index (χ4n) is 3.16. The molecule has 2 fully saturated rings. The van der Waals surface area contributed by atoms with Crippen molar-refractivity contribution in [1.82, 2.24) is 0 Å². The van der Waals surface area contributed by atoms with Crippen molar-refractivity contribution >= 4 is 6.29 Å². The lowest BCUT2D eigenvalue weighted by molar-refractivity contribution is -0.115. The van der Waals surface area contributed by atoms with Crippen molar-refractivity contribution in [3.63, 3.8) is 0 Å². The van der Waals surface area contributed by atoms with E-state index in [1.54, 1.807) is 0 Å². The summed E-state index contributed by atoms with van der Waals surface area (Å²) in [6.45, 7) is 0. The lowest BCUT2D eigenvalue weighted by Crippen LogP contribution is -2.31. The van der Waals surface area contributed by atoms with Gasteiger partial charge in [-0.25, -0.2) is 0 Å². The van der Waals surface area contributed by atoms with Gasteiger partial charge >= 0.3 is 0 Å². The molecule has 2 rings (SSSR count). The van der Waals surface area contributed by atoms with E-state index in [1.807, 2.05) is 0 Å². The average Bonchev–Trinajstić information content (AvgIpc) is 2.17. The lowest BCUT2D eigenvalue weighted by Gasteiger charge is -2.39. The minimum Gasteiger partial charge on any atom is -0.303 e. The molecule has 2 aliphatic rings. The van der Waals surface area contributed by atoms with Crippen LogP contribution >= 0.6 is 0 Å². The van der Waals surface area contributed by atoms with Crippen molar-refractivity contribution in [2.75, 3.05) is 0 Å². The van der Waals surface area contributed by atoms with E-state index >= 15 is 0 Å². The summed E-state index contributed by atoms with van der Waals surface area (Å²) in [6, 6.07) is 0.